The van der Waals surface area contributed by atoms with Gasteiger partial charge >= 0.3 is 0 Å². The molecule has 1 amide bonds. The van der Waals surface area contributed by atoms with Gasteiger partial charge in [0.05, 0.1) is 19.3 Å². The first-order chi connectivity index (χ1) is 8.11. The van der Waals surface area contributed by atoms with Crippen LogP contribution in [0.1, 0.15) is 13.8 Å². The highest BCUT2D eigenvalue weighted by atomic mass is 16.5. The van der Waals surface area contributed by atoms with Gasteiger partial charge < -0.3 is 15.0 Å². The maximum Gasteiger partial charge on any atom is 0.244 e. The molecule has 0 atom stereocenters. The number of rotatable bonds is 3. The minimum Gasteiger partial charge on any atom is -0.494 e. The molecule has 0 unspecified atom stereocenters. The zero-order valence-electron chi connectivity index (χ0n) is 10.5. The van der Waals surface area contributed by atoms with Crippen molar-refractivity contribution in [1.82, 2.24) is 0 Å². The van der Waals surface area contributed by atoms with E-state index < -0.39 is 0 Å². The van der Waals surface area contributed by atoms with Crippen molar-refractivity contribution < 1.29 is 9.53 Å². The highest BCUT2D eigenvalue weighted by molar-refractivity contribution is 6.03. The Labute approximate surface area is 102 Å². The zero-order chi connectivity index (χ0) is 12.4. The second-order valence-corrected chi connectivity index (χ2v) is 4.68. The Bertz CT molecular complexity index is 429. The van der Waals surface area contributed by atoms with Crippen LogP contribution < -0.4 is 15.0 Å². The zero-order valence-corrected chi connectivity index (χ0v) is 10.5. The van der Waals surface area contributed by atoms with Gasteiger partial charge in [-0.05, 0) is 18.1 Å². The molecule has 0 aliphatic carbocycles. The van der Waals surface area contributed by atoms with Gasteiger partial charge in [0.1, 0.15) is 11.4 Å². The Morgan fingerprint density at radius 2 is 2.24 bits per heavy atom. The molecule has 1 aromatic rings. The molecule has 4 nitrogen and oxygen atoms in total. The summed E-state index contributed by atoms with van der Waals surface area (Å²) in [7, 11) is 1.61. The number of hydrogen-bond donors (Lipinski definition) is 1. The van der Waals surface area contributed by atoms with Crippen molar-refractivity contribution in [3.05, 3.63) is 18.2 Å². The Morgan fingerprint density at radius 1 is 1.47 bits per heavy atom. The maximum atomic E-state index is 11.7. The average Bonchev–Trinajstić information content (AvgIpc) is 2.27. The van der Waals surface area contributed by atoms with E-state index in [1.165, 1.54) is 0 Å². The molecule has 0 saturated heterocycles. The first-order valence-corrected chi connectivity index (χ1v) is 5.83. The minimum atomic E-state index is 0.0163. The molecule has 0 fully saturated rings. The van der Waals surface area contributed by atoms with Crippen LogP contribution in [0, 0.1) is 5.92 Å². The van der Waals surface area contributed by atoms with Crippen LogP contribution in [-0.2, 0) is 4.79 Å². The summed E-state index contributed by atoms with van der Waals surface area (Å²) >= 11 is 0. The molecule has 0 saturated carbocycles. The standard InChI is InChI=1S/C13H18N2O2/c1-9(2)7-15-8-12(16)14-13-10(15)5-4-6-11(13)17-3/h4-6,9H,7-8H2,1-3H3,(H,14,16). The van der Waals surface area contributed by atoms with E-state index in [0.29, 0.717) is 18.2 Å². The number of nitrogens with one attached hydrogen (secondary N) is 1. The SMILES string of the molecule is COc1cccc2c1NC(=O)CN2CC(C)C. The van der Waals surface area contributed by atoms with E-state index in [2.05, 4.69) is 24.1 Å². The number of methoxy groups -OCH3 is 1. The summed E-state index contributed by atoms with van der Waals surface area (Å²) in [6, 6.07) is 5.82. The Hall–Kier alpha value is -1.71. The third kappa shape index (κ3) is 2.35. The number of carbonyl (C=O) groups is 1. The fourth-order valence-corrected chi connectivity index (χ4v) is 2.12. The number of carbonyl (C=O) groups excluding carboxylic acids is 1. The van der Waals surface area contributed by atoms with Crippen molar-refractivity contribution >= 4 is 17.3 Å². The number of anilines is 2. The summed E-state index contributed by atoms with van der Waals surface area (Å²) in [6.45, 7) is 5.57. The second kappa shape index (κ2) is 4.65. The van der Waals surface area contributed by atoms with Gasteiger partial charge in [-0.3, -0.25) is 4.79 Å². The third-order valence-corrected chi connectivity index (χ3v) is 2.75. The summed E-state index contributed by atoms with van der Waals surface area (Å²) in [5, 5.41) is 2.88. The molecule has 0 radical (unpaired) electrons. The molecule has 2 rings (SSSR count). The summed E-state index contributed by atoms with van der Waals surface area (Å²) in [4.78, 5) is 13.8. The second-order valence-electron chi connectivity index (χ2n) is 4.68. The fraction of sp³-hybridized carbons (Fsp3) is 0.462. The fourth-order valence-electron chi connectivity index (χ4n) is 2.12. The average molecular weight is 234 g/mol. The summed E-state index contributed by atoms with van der Waals surface area (Å²) < 4.78 is 5.27. The number of hydrogen-bond acceptors (Lipinski definition) is 3. The van der Waals surface area contributed by atoms with Gasteiger partial charge in [-0.25, -0.2) is 0 Å². The monoisotopic (exact) mass is 234 g/mol. The molecule has 1 aliphatic heterocycles. The van der Waals surface area contributed by atoms with Crippen molar-refractivity contribution in [1.29, 1.82) is 0 Å². The van der Waals surface area contributed by atoms with Gasteiger partial charge in [0.25, 0.3) is 0 Å². The maximum absolute atomic E-state index is 11.7. The van der Waals surface area contributed by atoms with Crippen LogP contribution in [-0.4, -0.2) is 26.1 Å². The van der Waals surface area contributed by atoms with Crippen molar-refractivity contribution in [3.8, 4) is 5.75 Å². The van der Waals surface area contributed by atoms with E-state index in [-0.39, 0.29) is 5.91 Å². The van der Waals surface area contributed by atoms with Crippen molar-refractivity contribution in [3.63, 3.8) is 0 Å². The Kier molecular flexibility index (Phi) is 3.22. The van der Waals surface area contributed by atoms with E-state index in [4.69, 9.17) is 4.74 Å². The molecular weight excluding hydrogens is 216 g/mol. The normalized spacial score (nSPS) is 14.6. The number of fused-ring (bicyclic) bond motifs is 1. The van der Waals surface area contributed by atoms with Crippen LogP contribution in [0.2, 0.25) is 0 Å². The molecule has 1 N–H and O–H groups in total. The van der Waals surface area contributed by atoms with E-state index in [9.17, 15) is 4.79 Å². The van der Waals surface area contributed by atoms with Gasteiger partial charge in [0, 0.05) is 6.54 Å². The molecule has 1 aliphatic rings. The van der Waals surface area contributed by atoms with E-state index in [0.717, 1.165) is 17.9 Å². The molecule has 0 spiro atoms. The van der Waals surface area contributed by atoms with Crippen molar-refractivity contribution in [2.75, 3.05) is 30.4 Å². The van der Waals surface area contributed by atoms with Gasteiger partial charge in [-0.2, -0.15) is 0 Å². The van der Waals surface area contributed by atoms with Crippen LogP contribution >= 0.6 is 0 Å². The molecule has 4 heteroatoms. The predicted molar refractivity (Wildman–Crippen MR) is 68.7 cm³/mol. The van der Waals surface area contributed by atoms with Crippen LogP contribution in [0.25, 0.3) is 0 Å². The molecule has 92 valence electrons. The Balaban J connectivity index is 2.39. The number of nitrogens with zero attached hydrogens (tertiary/aromatic N) is 1. The molecule has 17 heavy (non-hydrogen) atoms. The van der Waals surface area contributed by atoms with Crippen molar-refractivity contribution in [2.45, 2.75) is 13.8 Å². The summed E-state index contributed by atoms with van der Waals surface area (Å²) in [6.07, 6.45) is 0. The predicted octanol–water partition coefficient (Wildman–Crippen LogP) is 2.11. The van der Waals surface area contributed by atoms with E-state index >= 15 is 0 Å². The van der Waals surface area contributed by atoms with Gasteiger partial charge in [-0.1, -0.05) is 19.9 Å². The molecular formula is C13H18N2O2. The molecule has 0 bridgehead atoms. The third-order valence-electron chi connectivity index (χ3n) is 2.75. The largest absolute Gasteiger partial charge is 0.494 e. The van der Waals surface area contributed by atoms with E-state index in [1.54, 1.807) is 7.11 Å². The smallest absolute Gasteiger partial charge is 0.244 e. The highest BCUT2D eigenvalue weighted by Gasteiger charge is 2.24. The number of ether oxygens (including phenoxy) is 1. The first-order valence-electron chi connectivity index (χ1n) is 5.83. The molecule has 0 aromatic heterocycles. The van der Waals surface area contributed by atoms with Crippen LogP contribution in [0.5, 0.6) is 5.75 Å². The number of benzene rings is 1. The van der Waals surface area contributed by atoms with Crippen molar-refractivity contribution in [2.24, 2.45) is 5.92 Å². The van der Waals surface area contributed by atoms with Crippen LogP contribution in [0.15, 0.2) is 18.2 Å². The quantitative estimate of drug-likeness (QED) is 0.871. The first kappa shape index (κ1) is 11.8. The molecule has 1 heterocycles. The van der Waals surface area contributed by atoms with Gasteiger partial charge in [0.2, 0.25) is 5.91 Å². The van der Waals surface area contributed by atoms with Gasteiger partial charge in [0.15, 0.2) is 0 Å². The number of amides is 1. The summed E-state index contributed by atoms with van der Waals surface area (Å²) in [5.74, 6) is 1.24. The Morgan fingerprint density at radius 3 is 2.88 bits per heavy atom. The topological polar surface area (TPSA) is 41.6 Å². The minimum absolute atomic E-state index is 0.0163. The van der Waals surface area contributed by atoms with E-state index in [1.807, 2.05) is 18.2 Å². The lowest BCUT2D eigenvalue weighted by Gasteiger charge is -2.32. The lowest BCUT2D eigenvalue weighted by atomic mass is 10.1. The van der Waals surface area contributed by atoms with Crippen LogP contribution in [0.3, 0.4) is 0 Å². The number of para-hydroxylation sites is 1. The highest BCUT2D eigenvalue weighted by Crippen LogP contribution is 2.37. The summed E-state index contributed by atoms with van der Waals surface area (Å²) in [5.41, 5.74) is 1.82. The van der Waals surface area contributed by atoms with Crippen LogP contribution in [0.4, 0.5) is 11.4 Å². The molecule has 1 aromatic carbocycles. The van der Waals surface area contributed by atoms with Gasteiger partial charge in [-0.15, -0.1) is 0 Å². The lowest BCUT2D eigenvalue weighted by molar-refractivity contribution is -0.115. The lowest BCUT2D eigenvalue weighted by Crippen LogP contribution is -2.40.